The van der Waals surface area contributed by atoms with Gasteiger partial charge in [-0.15, -0.1) is 0 Å². The zero-order valence-corrected chi connectivity index (χ0v) is 27.1. The Morgan fingerprint density at radius 3 is 1.55 bits per heavy atom. The number of rotatable bonds is 4. The molecule has 0 bridgehead atoms. The quantitative estimate of drug-likeness (QED) is 0.189. The van der Waals surface area contributed by atoms with Crippen molar-refractivity contribution in [3.63, 3.8) is 0 Å². The average Bonchev–Trinajstić information content (AvgIpc) is 3.86. The van der Waals surface area contributed by atoms with Crippen molar-refractivity contribution in [1.29, 1.82) is 0 Å². The van der Waals surface area contributed by atoms with Gasteiger partial charge in [-0.1, -0.05) is 109 Å². The molecule has 0 aliphatic rings. The number of aromatic nitrogens is 4. The molecule has 4 aromatic heterocycles. The summed E-state index contributed by atoms with van der Waals surface area (Å²) in [6, 6.07) is 53.8. The number of fused-ring (bicyclic) bond motifs is 9. The van der Waals surface area contributed by atoms with Crippen molar-refractivity contribution >= 4 is 65.7 Å². The first kappa shape index (κ1) is 27.9. The Kier molecular flexibility index (Phi) is 5.86. The van der Waals surface area contributed by atoms with Crippen molar-refractivity contribution in [2.75, 3.05) is 0 Å². The lowest BCUT2D eigenvalue weighted by Crippen LogP contribution is -2.00. The zero-order chi connectivity index (χ0) is 33.5. The first-order valence-corrected chi connectivity index (χ1v) is 16.9. The topological polar surface area (TPSA) is 69.9 Å². The van der Waals surface area contributed by atoms with Crippen LogP contribution in [-0.4, -0.2) is 19.5 Å². The molecule has 11 rings (SSSR count). The van der Waals surface area contributed by atoms with Gasteiger partial charge < -0.3 is 13.4 Å². The lowest BCUT2D eigenvalue weighted by Gasteiger charge is -2.09. The van der Waals surface area contributed by atoms with Crippen LogP contribution in [0.2, 0.25) is 0 Å². The molecule has 6 heteroatoms. The summed E-state index contributed by atoms with van der Waals surface area (Å²) in [5.41, 5.74) is 9.28. The van der Waals surface area contributed by atoms with Crippen LogP contribution in [0.1, 0.15) is 0 Å². The van der Waals surface area contributed by atoms with Crippen molar-refractivity contribution < 1.29 is 8.83 Å². The Balaban J connectivity index is 1.10. The fourth-order valence-corrected chi connectivity index (χ4v) is 7.52. The maximum absolute atomic E-state index is 6.62. The second-order valence-corrected chi connectivity index (χ2v) is 12.8. The number of para-hydroxylation sites is 2. The van der Waals surface area contributed by atoms with Gasteiger partial charge in [-0.25, -0.2) is 15.0 Å². The molecule has 0 aliphatic heterocycles. The minimum atomic E-state index is 0.584. The smallest absolute Gasteiger partial charge is 0.164 e. The molecule has 0 radical (unpaired) electrons. The highest BCUT2D eigenvalue weighted by molar-refractivity contribution is 6.18. The van der Waals surface area contributed by atoms with Crippen LogP contribution in [0.3, 0.4) is 0 Å². The summed E-state index contributed by atoms with van der Waals surface area (Å²) in [6.07, 6.45) is 0. The number of benzene rings is 7. The molecule has 0 N–H and O–H groups in total. The minimum absolute atomic E-state index is 0.584. The van der Waals surface area contributed by atoms with Gasteiger partial charge in [0.25, 0.3) is 0 Å². The molecule has 7 aromatic carbocycles. The van der Waals surface area contributed by atoms with E-state index >= 15 is 0 Å². The Hall–Kier alpha value is -7.05. The number of hydrogen-bond acceptors (Lipinski definition) is 5. The Morgan fingerprint density at radius 2 is 0.882 bits per heavy atom. The molecule has 0 saturated heterocycles. The van der Waals surface area contributed by atoms with Crippen LogP contribution >= 0.6 is 0 Å². The predicted molar refractivity (Wildman–Crippen MR) is 205 cm³/mol. The predicted octanol–water partition coefficient (Wildman–Crippen LogP) is 11.8. The minimum Gasteiger partial charge on any atom is -0.456 e. The maximum atomic E-state index is 6.62. The summed E-state index contributed by atoms with van der Waals surface area (Å²) in [7, 11) is 0. The van der Waals surface area contributed by atoms with Gasteiger partial charge in [0.05, 0.1) is 22.1 Å². The van der Waals surface area contributed by atoms with E-state index in [-0.39, 0.29) is 0 Å². The molecule has 0 atom stereocenters. The van der Waals surface area contributed by atoms with Gasteiger partial charge in [-0.05, 0) is 48.5 Å². The third-order valence-corrected chi connectivity index (χ3v) is 9.85. The highest BCUT2D eigenvalue weighted by Gasteiger charge is 2.20. The van der Waals surface area contributed by atoms with Crippen LogP contribution in [0.15, 0.2) is 167 Å². The molecule has 11 aromatic rings. The van der Waals surface area contributed by atoms with Crippen LogP contribution in [0.25, 0.3) is 106 Å². The van der Waals surface area contributed by atoms with Crippen LogP contribution in [0, 0.1) is 0 Å². The van der Waals surface area contributed by atoms with Gasteiger partial charge in [0.1, 0.15) is 22.3 Å². The summed E-state index contributed by atoms with van der Waals surface area (Å²) in [5.74, 6) is 1.83. The van der Waals surface area contributed by atoms with E-state index < -0.39 is 0 Å². The van der Waals surface area contributed by atoms with E-state index in [1.807, 2.05) is 72.8 Å². The third-order valence-electron chi connectivity index (χ3n) is 9.85. The second kappa shape index (κ2) is 10.7. The first-order chi connectivity index (χ1) is 25.3. The second-order valence-electron chi connectivity index (χ2n) is 12.8. The van der Waals surface area contributed by atoms with Crippen LogP contribution in [0.4, 0.5) is 0 Å². The lowest BCUT2D eigenvalue weighted by atomic mass is 10.1. The monoisotopic (exact) mass is 654 g/mol. The average molecular weight is 655 g/mol. The summed E-state index contributed by atoms with van der Waals surface area (Å²) >= 11 is 0. The van der Waals surface area contributed by atoms with E-state index in [0.29, 0.717) is 17.5 Å². The highest BCUT2D eigenvalue weighted by atomic mass is 16.3. The van der Waals surface area contributed by atoms with Crippen molar-refractivity contribution in [3.05, 3.63) is 158 Å². The van der Waals surface area contributed by atoms with Crippen LogP contribution in [-0.2, 0) is 0 Å². The molecule has 0 fully saturated rings. The van der Waals surface area contributed by atoms with E-state index in [0.717, 1.165) is 77.3 Å². The van der Waals surface area contributed by atoms with Crippen molar-refractivity contribution in [2.45, 2.75) is 0 Å². The van der Waals surface area contributed by atoms with Crippen molar-refractivity contribution in [2.24, 2.45) is 0 Å². The molecule has 238 valence electrons. The summed E-state index contributed by atoms with van der Waals surface area (Å²) < 4.78 is 15.5. The number of furan rings is 2. The Labute approximate surface area is 290 Å². The van der Waals surface area contributed by atoms with E-state index in [2.05, 4.69) is 89.5 Å². The van der Waals surface area contributed by atoms with E-state index in [1.165, 1.54) is 10.8 Å². The molecule has 51 heavy (non-hydrogen) atoms. The van der Waals surface area contributed by atoms with Gasteiger partial charge in [0.15, 0.2) is 17.5 Å². The van der Waals surface area contributed by atoms with Crippen LogP contribution < -0.4 is 0 Å². The Bertz CT molecular complexity index is 3030. The van der Waals surface area contributed by atoms with Gasteiger partial charge in [-0.2, -0.15) is 0 Å². The summed E-state index contributed by atoms with van der Waals surface area (Å²) in [4.78, 5) is 14.7. The molecule has 0 unspecified atom stereocenters. The summed E-state index contributed by atoms with van der Waals surface area (Å²) in [6.45, 7) is 0. The lowest BCUT2D eigenvalue weighted by molar-refractivity contribution is 0.664. The van der Waals surface area contributed by atoms with E-state index in [4.69, 9.17) is 23.8 Å². The van der Waals surface area contributed by atoms with Gasteiger partial charge in [-0.3, -0.25) is 0 Å². The third kappa shape index (κ3) is 4.26. The molecule has 6 nitrogen and oxygen atoms in total. The molecular formula is C45H26N4O2. The van der Waals surface area contributed by atoms with Gasteiger partial charge in [0.2, 0.25) is 0 Å². The van der Waals surface area contributed by atoms with Crippen molar-refractivity contribution in [3.8, 4) is 39.9 Å². The first-order valence-electron chi connectivity index (χ1n) is 16.9. The molecule has 0 spiro atoms. The van der Waals surface area contributed by atoms with E-state index in [1.54, 1.807) is 0 Å². The van der Waals surface area contributed by atoms with Crippen LogP contribution in [0.5, 0.6) is 0 Å². The zero-order valence-electron chi connectivity index (χ0n) is 27.1. The van der Waals surface area contributed by atoms with E-state index in [9.17, 15) is 0 Å². The normalized spacial score (nSPS) is 11.9. The molecule has 4 heterocycles. The van der Waals surface area contributed by atoms with Crippen molar-refractivity contribution in [1.82, 2.24) is 19.5 Å². The SMILES string of the molecule is c1ccc(-c2nc(-c3ccccc3)nc(-c3ccc4c(c3)oc3cc5c(cc34)oc3cccc(-n4c6ccccc6c6ccccc64)c35)n2)cc1. The maximum Gasteiger partial charge on any atom is 0.164 e. The Morgan fingerprint density at radius 1 is 0.353 bits per heavy atom. The highest BCUT2D eigenvalue weighted by Crippen LogP contribution is 2.42. The fraction of sp³-hybridized carbons (Fsp3) is 0. The fourth-order valence-electron chi connectivity index (χ4n) is 7.52. The van der Waals surface area contributed by atoms with Gasteiger partial charge in [0, 0.05) is 43.6 Å². The number of hydrogen-bond donors (Lipinski definition) is 0. The molecular weight excluding hydrogens is 629 g/mol. The molecule has 0 aliphatic carbocycles. The standard InChI is InChI=1S/C45H26N4O2/c1-3-12-27(13-4-1)43-46-44(28-14-5-2-6-15-28)48-45(47-43)29-22-23-32-33-25-41-34(26-40(33)51-39(32)24-29)42-37(20-11-21-38(42)50-41)49-35-18-9-7-16-30(35)31-17-8-10-19-36(31)49/h1-26H. The summed E-state index contributed by atoms with van der Waals surface area (Å²) in [5, 5.41) is 6.49. The largest absolute Gasteiger partial charge is 0.456 e. The molecule has 0 saturated carbocycles. The van der Waals surface area contributed by atoms with Gasteiger partial charge >= 0.3 is 0 Å². The number of nitrogens with zero attached hydrogens (tertiary/aromatic N) is 4. The molecule has 0 amide bonds.